The molecule has 1 aliphatic heterocycles. The minimum absolute atomic E-state index is 0.0153. The molecular formula is C19H26F2N2O. The van der Waals surface area contributed by atoms with Gasteiger partial charge in [-0.05, 0) is 49.9 Å². The van der Waals surface area contributed by atoms with Gasteiger partial charge in [0.15, 0.2) is 0 Å². The van der Waals surface area contributed by atoms with Crippen molar-refractivity contribution in [3.05, 3.63) is 35.4 Å². The molecule has 1 aromatic carbocycles. The van der Waals surface area contributed by atoms with E-state index in [0.717, 1.165) is 32.1 Å². The Labute approximate surface area is 142 Å². The van der Waals surface area contributed by atoms with Crippen LogP contribution in [0.15, 0.2) is 18.2 Å². The lowest BCUT2D eigenvalue weighted by molar-refractivity contribution is -0.121. The summed E-state index contributed by atoms with van der Waals surface area (Å²) in [6.45, 7) is 5.42. The van der Waals surface area contributed by atoms with E-state index in [-0.39, 0.29) is 11.3 Å². The van der Waals surface area contributed by atoms with E-state index in [9.17, 15) is 13.6 Å². The first kappa shape index (κ1) is 17.3. The van der Waals surface area contributed by atoms with E-state index >= 15 is 0 Å². The molecule has 24 heavy (non-hydrogen) atoms. The number of piperidine rings is 1. The van der Waals surface area contributed by atoms with Gasteiger partial charge in [-0.15, -0.1) is 0 Å². The average Bonchev–Trinajstić information content (AvgIpc) is 3.23. The highest BCUT2D eigenvalue weighted by atomic mass is 19.1. The molecule has 1 N–H and O–H groups in total. The van der Waals surface area contributed by atoms with Crippen molar-refractivity contribution >= 4 is 5.91 Å². The second kappa shape index (κ2) is 7.18. The zero-order valence-electron chi connectivity index (χ0n) is 14.3. The van der Waals surface area contributed by atoms with E-state index in [0.29, 0.717) is 24.4 Å². The number of rotatable bonds is 6. The first-order valence-electron chi connectivity index (χ1n) is 8.96. The number of carbonyl (C=O) groups is 1. The van der Waals surface area contributed by atoms with Gasteiger partial charge in [-0.1, -0.05) is 19.4 Å². The summed E-state index contributed by atoms with van der Waals surface area (Å²) in [4.78, 5) is 14.5. The fourth-order valence-corrected chi connectivity index (χ4v) is 3.89. The maximum Gasteiger partial charge on any atom is 0.221 e. The molecule has 0 spiro atoms. The standard InChI is InChI=1S/C19H26F2N2O/c1-14-12-19(14,16-6-5-15(20)11-17(16)21)13-22-18(24)7-10-23-8-3-2-4-9-23/h5-6,11,14H,2-4,7-10,12-13H2,1H3,(H,22,24). The third-order valence-electron chi connectivity index (χ3n) is 5.63. The highest BCUT2D eigenvalue weighted by Gasteiger charge is 2.53. The molecule has 132 valence electrons. The Balaban J connectivity index is 1.53. The molecule has 1 amide bonds. The number of nitrogens with one attached hydrogen (secondary N) is 1. The molecule has 1 aromatic rings. The SMILES string of the molecule is CC1CC1(CNC(=O)CCN1CCCCC1)c1ccc(F)cc1F. The summed E-state index contributed by atoms with van der Waals surface area (Å²) in [7, 11) is 0. The summed E-state index contributed by atoms with van der Waals surface area (Å²) in [5.74, 6) is -0.770. The summed E-state index contributed by atoms with van der Waals surface area (Å²) in [6.07, 6.45) is 5.02. The van der Waals surface area contributed by atoms with Crippen LogP contribution in [-0.4, -0.2) is 37.0 Å². The Morgan fingerprint density at radius 3 is 2.62 bits per heavy atom. The number of hydrogen-bond donors (Lipinski definition) is 1. The summed E-state index contributed by atoms with van der Waals surface area (Å²) in [5, 5.41) is 2.97. The smallest absolute Gasteiger partial charge is 0.221 e. The van der Waals surface area contributed by atoms with Gasteiger partial charge in [-0.2, -0.15) is 0 Å². The van der Waals surface area contributed by atoms with Crippen LogP contribution in [0.5, 0.6) is 0 Å². The molecule has 1 aliphatic carbocycles. The number of hydrogen-bond acceptors (Lipinski definition) is 2. The second-order valence-electron chi connectivity index (χ2n) is 7.31. The number of nitrogens with zero attached hydrogens (tertiary/aromatic N) is 1. The minimum atomic E-state index is -0.565. The van der Waals surface area contributed by atoms with Crippen molar-refractivity contribution in [1.29, 1.82) is 0 Å². The molecule has 3 rings (SSSR count). The third kappa shape index (κ3) is 3.77. The summed E-state index contributed by atoms with van der Waals surface area (Å²) < 4.78 is 27.2. The fraction of sp³-hybridized carbons (Fsp3) is 0.632. The highest BCUT2D eigenvalue weighted by Crippen LogP contribution is 2.54. The minimum Gasteiger partial charge on any atom is -0.355 e. The maximum atomic E-state index is 14.1. The van der Waals surface area contributed by atoms with Crippen molar-refractivity contribution < 1.29 is 13.6 Å². The van der Waals surface area contributed by atoms with Gasteiger partial charge in [0.2, 0.25) is 5.91 Å². The molecule has 0 bridgehead atoms. The maximum absolute atomic E-state index is 14.1. The van der Waals surface area contributed by atoms with E-state index in [4.69, 9.17) is 0 Å². The summed E-state index contributed by atoms with van der Waals surface area (Å²) in [5.41, 5.74) is 0.145. The number of likely N-dealkylation sites (tertiary alicyclic amines) is 1. The Morgan fingerprint density at radius 1 is 1.29 bits per heavy atom. The molecule has 0 aromatic heterocycles. The van der Waals surface area contributed by atoms with Gasteiger partial charge < -0.3 is 10.2 Å². The van der Waals surface area contributed by atoms with Crippen molar-refractivity contribution in [2.24, 2.45) is 5.92 Å². The van der Waals surface area contributed by atoms with Crippen molar-refractivity contribution in [3.63, 3.8) is 0 Å². The predicted octanol–water partition coefficient (Wildman–Crippen LogP) is 3.23. The lowest BCUT2D eigenvalue weighted by Gasteiger charge is -2.26. The molecule has 2 unspecified atom stereocenters. The third-order valence-corrected chi connectivity index (χ3v) is 5.63. The summed E-state index contributed by atoms with van der Waals surface area (Å²) >= 11 is 0. The van der Waals surface area contributed by atoms with Gasteiger partial charge in [0.05, 0.1) is 0 Å². The highest BCUT2D eigenvalue weighted by molar-refractivity contribution is 5.76. The molecule has 1 saturated carbocycles. The number of benzene rings is 1. The topological polar surface area (TPSA) is 32.3 Å². The van der Waals surface area contributed by atoms with Gasteiger partial charge in [0.1, 0.15) is 11.6 Å². The lowest BCUT2D eigenvalue weighted by atomic mass is 9.92. The predicted molar refractivity (Wildman–Crippen MR) is 89.7 cm³/mol. The fourth-order valence-electron chi connectivity index (χ4n) is 3.89. The molecule has 2 atom stereocenters. The van der Waals surface area contributed by atoms with Crippen LogP contribution in [0.2, 0.25) is 0 Å². The Kier molecular flexibility index (Phi) is 5.18. The van der Waals surface area contributed by atoms with Gasteiger partial charge in [0.25, 0.3) is 0 Å². The van der Waals surface area contributed by atoms with Crippen LogP contribution in [0.25, 0.3) is 0 Å². The average molecular weight is 336 g/mol. The Bertz CT molecular complexity index is 601. The van der Waals surface area contributed by atoms with E-state index in [1.165, 1.54) is 31.4 Å². The van der Waals surface area contributed by atoms with Crippen molar-refractivity contribution in [3.8, 4) is 0 Å². The number of halogens is 2. The van der Waals surface area contributed by atoms with Gasteiger partial charge >= 0.3 is 0 Å². The monoisotopic (exact) mass is 336 g/mol. The molecule has 1 heterocycles. The van der Waals surface area contributed by atoms with Crippen molar-refractivity contribution in [2.45, 2.75) is 44.4 Å². The van der Waals surface area contributed by atoms with Gasteiger partial charge in [-0.25, -0.2) is 8.78 Å². The zero-order valence-corrected chi connectivity index (χ0v) is 14.3. The van der Waals surface area contributed by atoms with Crippen LogP contribution in [0.3, 0.4) is 0 Å². The van der Waals surface area contributed by atoms with Gasteiger partial charge in [0, 0.05) is 31.0 Å². The van der Waals surface area contributed by atoms with Crippen LogP contribution in [-0.2, 0) is 10.2 Å². The molecule has 0 radical (unpaired) electrons. The molecule has 2 fully saturated rings. The first-order valence-corrected chi connectivity index (χ1v) is 8.96. The molecule has 1 saturated heterocycles. The van der Waals surface area contributed by atoms with Crippen LogP contribution in [0, 0.1) is 17.6 Å². The number of carbonyl (C=O) groups excluding carboxylic acids is 1. The summed E-state index contributed by atoms with van der Waals surface area (Å²) in [6, 6.07) is 3.75. The Hall–Kier alpha value is -1.49. The van der Waals surface area contributed by atoms with Crippen LogP contribution < -0.4 is 5.32 Å². The van der Waals surface area contributed by atoms with Crippen LogP contribution in [0.4, 0.5) is 8.78 Å². The largest absolute Gasteiger partial charge is 0.355 e. The first-order chi connectivity index (χ1) is 11.5. The second-order valence-corrected chi connectivity index (χ2v) is 7.31. The quantitative estimate of drug-likeness (QED) is 0.865. The van der Waals surface area contributed by atoms with Crippen LogP contribution >= 0.6 is 0 Å². The molecular weight excluding hydrogens is 310 g/mol. The van der Waals surface area contributed by atoms with E-state index < -0.39 is 11.6 Å². The molecule has 5 heteroatoms. The van der Waals surface area contributed by atoms with Crippen molar-refractivity contribution in [1.82, 2.24) is 10.2 Å². The normalized spacial score (nSPS) is 27.0. The molecule has 3 nitrogen and oxygen atoms in total. The van der Waals surface area contributed by atoms with E-state index in [1.54, 1.807) is 0 Å². The van der Waals surface area contributed by atoms with E-state index in [2.05, 4.69) is 10.2 Å². The zero-order chi connectivity index (χ0) is 17.2. The lowest BCUT2D eigenvalue weighted by Crippen LogP contribution is -2.37. The van der Waals surface area contributed by atoms with Crippen LogP contribution in [0.1, 0.15) is 44.6 Å². The Morgan fingerprint density at radius 2 is 2.00 bits per heavy atom. The van der Waals surface area contributed by atoms with Gasteiger partial charge in [-0.3, -0.25) is 4.79 Å². The molecule has 2 aliphatic rings. The van der Waals surface area contributed by atoms with Crippen molar-refractivity contribution in [2.75, 3.05) is 26.2 Å². The number of amides is 1. The van der Waals surface area contributed by atoms with E-state index in [1.807, 2.05) is 6.92 Å².